The fourth-order valence-electron chi connectivity index (χ4n) is 2.26. The van der Waals surface area contributed by atoms with Crippen LogP contribution >= 0.6 is 23.5 Å². The topological polar surface area (TPSA) is 75.7 Å². The molecule has 1 aromatic rings. The first-order chi connectivity index (χ1) is 11.5. The van der Waals surface area contributed by atoms with Gasteiger partial charge in [-0.2, -0.15) is 0 Å². The van der Waals surface area contributed by atoms with Crippen molar-refractivity contribution in [3.63, 3.8) is 0 Å². The lowest BCUT2D eigenvalue weighted by atomic mass is 10.2. The molecule has 6 nitrogen and oxygen atoms in total. The van der Waals surface area contributed by atoms with Gasteiger partial charge in [-0.25, -0.2) is 0 Å². The Kier molecular flexibility index (Phi) is 6.99. The van der Waals surface area contributed by atoms with Crippen molar-refractivity contribution >= 4 is 41.3 Å². The van der Waals surface area contributed by atoms with Crippen LogP contribution in [0.15, 0.2) is 29.2 Å². The van der Waals surface area contributed by atoms with Gasteiger partial charge in [0.15, 0.2) is 0 Å². The molecule has 1 aromatic carbocycles. The molecule has 1 aliphatic heterocycles. The number of amides is 2. The highest BCUT2D eigenvalue weighted by molar-refractivity contribution is 8.00. The third kappa shape index (κ3) is 4.91. The normalized spacial score (nSPS) is 17.0. The van der Waals surface area contributed by atoms with Gasteiger partial charge < -0.3 is 15.0 Å². The van der Waals surface area contributed by atoms with E-state index in [1.165, 1.54) is 11.8 Å². The van der Waals surface area contributed by atoms with E-state index in [4.69, 9.17) is 4.74 Å². The van der Waals surface area contributed by atoms with E-state index in [-0.39, 0.29) is 36.9 Å². The lowest BCUT2D eigenvalue weighted by molar-refractivity contribution is -0.143. The maximum atomic E-state index is 12.1. The molecule has 1 atom stereocenters. The minimum Gasteiger partial charge on any atom is -0.465 e. The largest absolute Gasteiger partial charge is 0.465 e. The van der Waals surface area contributed by atoms with E-state index < -0.39 is 5.97 Å². The van der Waals surface area contributed by atoms with Crippen LogP contribution in [-0.2, 0) is 19.1 Å². The monoisotopic (exact) mass is 368 g/mol. The minimum atomic E-state index is -0.489. The number of hydrogen-bond donors (Lipinski definition) is 1. The molecule has 1 N–H and O–H groups in total. The number of carbonyl (C=O) groups excluding carboxylic acids is 3. The third-order valence-electron chi connectivity index (χ3n) is 3.42. The van der Waals surface area contributed by atoms with Gasteiger partial charge in [-0.05, 0) is 30.9 Å². The Balaban J connectivity index is 1.97. The second-order valence-corrected chi connectivity index (χ2v) is 6.99. The van der Waals surface area contributed by atoms with Gasteiger partial charge in [0.25, 0.3) is 0 Å². The second kappa shape index (κ2) is 8.98. The summed E-state index contributed by atoms with van der Waals surface area (Å²) in [7, 11) is 0. The van der Waals surface area contributed by atoms with E-state index in [0.717, 1.165) is 10.5 Å². The van der Waals surface area contributed by atoms with E-state index >= 15 is 0 Å². The lowest BCUT2D eigenvalue weighted by Gasteiger charge is -2.23. The van der Waals surface area contributed by atoms with Crippen molar-refractivity contribution in [3.05, 3.63) is 29.8 Å². The van der Waals surface area contributed by atoms with Gasteiger partial charge in [-0.3, -0.25) is 14.4 Å². The molecule has 1 aliphatic rings. The zero-order chi connectivity index (χ0) is 17.5. The zero-order valence-corrected chi connectivity index (χ0v) is 15.2. The summed E-state index contributed by atoms with van der Waals surface area (Å²) in [6, 6.07) is 7.96. The average molecular weight is 368 g/mol. The summed E-state index contributed by atoms with van der Waals surface area (Å²) in [6.45, 7) is 1.71. The summed E-state index contributed by atoms with van der Waals surface area (Å²) < 4.78 is 4.76. The summed E-state index contributed by atoms with van der Waals surface area (Å²) in [4.78, 5) is 38.0. The molecular weight excluding hydrogens is 348 g/mol. The molecule has 1 unspecified atom stereocenters. The number of nitrogens with one attached hydrogen (secondary N) is 1. The maximum Gasteiger partial charge on any atom is 0.325 e. The minimum absolute atomic E-state index is 0.0693. The number of benzene rings is 1. The van der Waals surface area contributed by atoms with Crippen LogP contribution in [0.5, 0.6) is 0 Å². The molecule has 8 heteroatoms. The predicted molar refractivity (Wildman–Crippen MR) is 94.8 cm³/mol. The molecule has 24 heavy (non-hydrogen) atoms. The van der Waals surface area contributed by atoms with E-state index in [2.05, 4.69) is 5.32 Å². The van der Waals surface area contributed by atoms with Crippen LogP contribution in [0.4, 0.5) is 0 Å². The lowest BCUT2D eigenvalue weighted by Crippen LogP contribution is -2.41. The van der Waals surface area contributed by atoms with Crippen molar-refractivity contribution in [1.82, 2.24) is 10.2 Å². The Morgan fingerprint density at radius 1 is 1.38 bits per heavy atom. The zero-order valence-electron chi connectivity index (χ0n) is 13.6. The maximum absolute atomic E-state index is 12.1. The molecule has 130 valence electrons. The fourth-order valence-corrected chi connectivity index (χ4v) is 3.86. The molecule has 1 heterocycles. The predicted octanol–water partition coefficient (Wildman–Crippen LogP) is 1.66. The van der Waals surface area contributed by atoms with Crippen molar-refractivity contribution in [2.24, 2.45) is 0 Å². The average Bonchev–Trinajstić information content (AvgIpc) is 2.94. The molecule has 1 fully saturated rings. The van der Waals surface area contributed by atoms with E-state index in [1.54, 1.807) is 23.6 Å². The number of thioether (sulfide) groups is 2. The quantitative estimate of drug-likeness (QED) is 0.583. The highest BCUT2D eigenvalue weighted by Crippen LogP contribution is 2.38. The van der Waals surface area contributed by atoms with Crippen molar-refractivity contribution in [2.75, 3.05) is 31.7 Å². The smallest absolute Gasteiger partial charge is 0.325 e. The Bertz CT molecular complexity index is 607. The first-order valence-electron chi connectivity index (χ1n) is 7.52. The van der Waals surface area contributed by atoms with Gasteiger partial charge in [-0.1, -0.05) is 12.1 Å². The van der Waals surface area contributed by atoms with Gasteiger partial charge >= 0.3 is 5.97 Å². The molecule has 0 bridgehead atoms. The molecule has 2 amide bonds. The van der Waals surface area contributed by atoms with Crippen molar-refractivity contribution in [1.29, 1.82) is 0 Å². The van der Waals surface area contributed by atoms with Crippen LogP contribution < -0.4 is 5.32 Å². The molecule has 2 rings (SSSR count). The molecule has 0 spiro atoms. The van der Waals surface area contributed by atoms with Crippen LogP contribution in [0.25, 0.3) is 0 Å². The van der Waals surface area contributed by atoms with Gasteiger partial charge in [-0.15, -0.1) is 23.5 Å². The first kappa shape index (κ1) is 18.7. The van der Waals surface area contributed by atoms with Gasteiger partial charge in [0.05, 0.1) is 12.4 Å². The Morgan fingerprint density at radius 2 is 2.08 bits per heavy atom. The van der Waals surface area contributed by atoms with Gasteiger partial charge in [0, 0.05) is 4.90 Å². The number of rotatable bonds is 7. The molecule has 0 aromatic heterocycles. The molecule has 0 aliphatic carbocycles. The van der Waals surface area contributed by atoms with Crippen LogP contribution in [0.3, 0.4) is 0 Å². The van der Waals surface area contributed by atoms with Crippen LogP contribution in [0.1, 0.15) is 17.9 Å². The second-order valence-electron chi connectivity index (χ2n) is 5.04. The van der Waals surface area contributed by atoms with Gasteiger partial charge in [0.1, 0.15) is 18.5 Å². The molecule has 0 radical (unpaired) electrons. The summed E-state index contributed by atoms with van der Waals surface area (Å²) in [5.41, 5.74) is 0.988. The molecule has 1 saturated heterocycles. The third-order valence-corrected chi connectivity index (χ3v) is 5.42. The Morgan fingerprint density at radius 3 is 2.71 bits per heavy atom. The number of esters is 1. The number of hydrogen-bond acceptors (Lipinski definition) is 6. The summed E-state index contributed by atoms with van der Waals surface area (Å²) in [5, 5.41) is 2.31. The van der Waals surface area contributed by atoms with E-state index in [9.17, 15) is 14.4 Å². The molecular formula is C16H20N2O4S2. The number of ether oxygens (including phenoxy) is 1. The SMILES string of the molecule is CCOC(=O)CNC(=O)CN1C(=O)CSC1c1ccc(SC)cc1. The van der Waals surface area contributed by atoms with Crippen LogP contribution in [0.2, 0.25) is 0 Å². The number of nitrogens with zero attached hydrogens (tertiary/aromatic N) is 1. The number of carbonyl (C=O) groups is 3. The van der Waals surface area contributed by atoms with Crippen LogP contribution in [0, 0.1) is 0 Å². The van der Waals surface area contributed by atoms with Crippen molar-refractivity contribution in [2.45, 2.75) is 17.2 Å². The van der Waals surface area contributed by atoms with E-state index in [1.807, 2.05) is 30.5 Å². The summed E-state index contributed by atoms with van der Waals surface area (Å²) in [6.07, 6.45) is 2.00. The standard InChI is InChI=1S/C16H20N2O4S2/c1-3-22-15(21)8-17-13(19)9-18-14(20)10-24-16(18)11-4-6-12(23-2)7-5-11/h4-7,16H,3,8-10H2,1-2H3,(H,17,19). The fraction of sp³-hybridized carbons (Fsp3) is 0.438. The van der Waals surface area contributed by atoms with E-state index in [0.29, 0.717) is 5.75 Å². The Hall–Kier alpha value is -1.67. The van der Waals surface area contributed by atoms with Crippen LogP contribution in [-0.4, -0.2) is 54.4 Å². The summed E-state index contributed by atoms with van der Waals surface area (Å²) in [5.74, 6) is -0.591. The highest BCUT2D eigenvalue weighted by Gasteiger charge is 2.34. The highest BCUT2D eigenvalue weighted by atomic mass is 32.2. The van der Waals surface area contributed by atoms with Gasteiger partial charge in [0.2, 0.25) is 11.8 Å². The first-order valence-corrected chi connectivity index (χ1v) is 9.79. The van der Waals surface area contributed by atoms with Crippen molar-refractivity contribution < 1.29 is 19.1 Å². The van der Waals surface area contributed by atoms with Crippen molar-refractivity contribution in [3.8, 4) is 0 Å². The Labute approximate surface area is 149 Å². The summed E-state index contributed by atoms with van der Waals surface area (Å²) >= 11 is 3.15. The molecule has 0 saturated carbocycles.